The lowest BCUT2D eigenvalue weighted by molar-refractivity contribution is -0.140. The lowest BCUT2D eigenvalue weighted by Gasteiger charge is -2.43. The standard InChI is InChI=1S/C16H23N3O2S/c20-15(18-12-2-1-3-12)16-5-8-21-13(16)4-7-19(11-16)10-14-17-6-9-22-14/h6,9,12-13H,1-5,7-8,10-11H2,(H,18,20)/t13-,16-/m1/s1. The number of likely N-dealkylation sites (tertiary alicyclic amines) is 1. The molecule has 2 saturated heterocycles. The maximum atomic E-state index is 12.9. The average molecular weight is 321 g/mol. The molecule has 0 spiro atoms. The number of nitrogens with zero attached hydrogens (tertiary/aromatic N) is 2. The van der Waals surface area contributed by atoms with Crippen molar-refractivity contribution in [3.8, 4) is 0 Å². The molecule has 1 aliphatic carbocycles. The predicted molar refractivity (Wildman–Crippen MR) is 84.6 cm³/mol. The van der Waals surface area contributed by atoms with Crippen molar-refractivity contribution in [3.63, 3.8) is 0 Å². The summed E-state index contributed by atoms with van der Waals surface area (Å²) in [5.74, 6) is 0.225. The molecule has 22 heavy (non-hydrogen) atoms. The first-order valence-corrected chi connectivity index (χ1v) is 9.17. The molecule has 1 N–H and O–H groups in total. The van der Waals surface area contributed by atoms with Gasteiger partial charge in [-0.3, -0.25) is 9.69 Å². The van der Waals surface area contributed by atoms with Crippen molar-refractivity contribution in [2.45, 2.75) is 50.8 Å². The third-order valence-electron chi connectivity index (χ3n) is 5.43. The van der Waals surface area contributed by atoms with Gasteiger partial charge < -0.3 is 10.1 Å². The zero-order valence-corrected chi connectivity index (χ0v) is 13.6. The Kier molecular flexibility index (Phi) is 3.92. The van der Waals surface area contributed by atoms with Crippen LogP contribution in [0.15, 0.2) is 11.6 Å². The van der Waals surface area contributed by atoms with E-state index in [1.807, 2.05) is 11.6 Å². The first kappa shape index (κ1) is 14.6. The summed E-state index contributed by atoms with van der Waals surface area (Å²) in [4.78, 5) is 19.7. The summed E-state index contributed by atoms with van der Waals surface area (Å²) in [6.07, 6.45) is 7.26. The van der Waals surface area contributed by atoms with Gasteiger partial charge in [0.1, 0.15) is 5.01 Å². The molecule has 0 bridgehead atoms. The van der Waals surface area contributed by atoms with E-state index in [9.17, 15) is 4.79 Å². The number of rotatable bonds is 4. The first-order chi connectivity index (χ1) is 10.8. The molecule has 120 valence electrons. The van der Waals surface area contributed by atoms with Crippen LogP contribution in [0, 0.1) is 5.41 Å². The van der Waals surface area contributed by atoms with Crippen LogP contribution in [0.1, 0.15) is 37.1 Å². The van der Waals surface area contributed by atoms with Crippen molar-refractivity contribution in [2.75, 3.05) is 19.7 Å². The van der Waals surface area contributed by atoms with Crippen LogP contribution in [-0.4, -0.2) is 47.6 Å². The van der Waals surface area contributed by atoms with E-state index in [0.29, 0.717) is 12.6 Å². The smallest absolute Gasteiger partial charge is 0.230 e. The number of aromatic nitrogens is 1. The van der Waals surface area contributed by atoms with E-state index in [1.165, 1.54) is 6.42 Å². The van der Waals surface area contributed by atoms with E-state index in [4.69, 9.17) is 4.74 Å². The monoisotopic (exact) mass is 321 g/mol. The second-order valence-corrected chi connectivity index (χ2v) is 7.77. The van der Waals surface area contributed by atoms with Gasteiger partial charge in [-0.25, -0.2) is 4.98 Å². The lowest BCUT2D eigenvalue weighted by Crippen LogP contribution is -2.58. The number of nitrogens with one attached hydrogen (secondary N) is 1. The van der Waals surface area contributed by atoms with Gasteiger partial charge in [-0.05, 0) is 32.1 Å². The van der Waals surface area contributed by atoms with E-state index in [0.717, 1.165) is 50.3 Å². The summed E-state index contributed by atoms with van der Waals surface area (Å²) >= 11 is 1.69. The number of thiazole rings is 1. The fourth-order valence-corrected chi connectivity index (χ4v) is 4.55. The van der Waals surface area contributed by atoms with Gasteiger partial charge in [0, 0.05) is 37.3 Å². The van der Waals surface area contributed by atoms with Gasteiger partial charge >= 0.3 is 0 Å². The summed E-state index contributed by atoms with van der Waals surface area (Å²) in [5.41, 5.74) is -0.342. The van der Waals surface area contributed by atoms with Crippen LogP contribution < -0.4 is 5.32 Å². The Bertz CT molecular complexity index is 532. The Morgan fingerprint density at radius 3 is 3.14 bits per heavy atom. The molecule has 6 heteroatoms. The SMILES string of the molecule is O=C(NC1CCC1)[C@@]12CCO[C@@H]1CCN(Cc1nccs1)C2. The molecule has 2 aliphatic heterocycles. The topological polar surface area (TPSA) is 54.5 Å². The minimum atomic E-state index is -0.342. The van der Waals surface area contributed by atoms with Crippen LogP contribution in [-0.2, 0) is 16.1 Å². The molecule has 1 saturated carbocycles. The normalized spacial score (nSPS) is 32.5. The minimum Gasteiger partial charge on any atom is -0.377 e. The van der Waals surface area contributed by atoms with E-state index in [1.54, 1.807) is 11.3 Å². The van der Waals surface area contributed by atoms with Crippen LogP contribution in [0.3, 0.4) is 0 Å². The van der Waals surface area contributed by atoms with Gasteiger partial charge in [0.2, 0.25) is 5.91 Å². The molecule has 3 heterocycles. The second-order valence-electron chi connectivity index (χ2n) is 6.79. The number of carbonyl (C=O) groups is 1. The molecule has 1 amide bonds. The Morgan fingerprint density at radius 2 is 2.41 bits per heavy atom. The van der Waals surface area contributed by atoms with Gasteiger partial charge in [0.15, 0.2) is 0 Å². The summed E-state index contributed by atoms with van der Waals surface area (Å²) < 4.78 is 5.90. The van der Waals surface area contributed by atoms with Gasteiger partial charge in [-0.1, -0.05) is 0 Å². The molecule has 5 nitrogen and oxygen atoms in total. The van der Waals surface area contributed by atoms with Crippen LogP contribution in [0.25, 0.3) is 0 Å². The molecule has 1 aromatic rings. The highest BCUT2D eigenvalue weighted by Crippen LogP contribution is 2.42. The quantitative estimate of drug-likeness (QED) is 0.919. The number of piperidine rings is 1. The fourth-order valence-electron chi connectivity index (χ4n) is 3.89. The van der Waals surface area contributed by atoms with Crippen molar-refractivity contribution in [3.05, 3.63) is 16.6 Å². The Morgan fingerprint density at radius 1 is 1.50 bits per heavy atom. The number of hydrogen-bond acceptors (Lipinski definition) is 5. The van der Waals surface area contributed by atoms with Gasteiger partial charge in [-0.15, -0.1) is 11.3 Å². The Balaban J connectivity index is 1.48. The Hall–Kier alpha value is -0.980. The number of hydrogen-bond donors (Lipinski definition) is 1. The summed E-state index contributed by atoms with van der Waals surface area (Å²) in [5, 5.41) is 6.41. The molecular formula is C16H23N3O2S. The molecule has 4 rings (SSSR count). The number of carbonyl (C=O) groups excluding carboxylic acids is 1. The molecule has 0 radical (unpaired) electrons. The third-order valence-corrected chi connectivity index (χ3v) is 6.20. The molecule has 0 unspecified atom stereocenters. The summed E-state index contributed by atoms with van der Waals surface area (Å²) in [6, 6.07) is 0.400. The van der Waals surface area contributed by atoms with E-state index in [2.05, 4.69) is 15.2 Å². The van der Waals surface area contributed by atoms with E-state index < -0.39 is 0 Å². The Labute approximate surface area is 135 Å². The zero-order valence-electron chi connectivity index (χ0n) is 12.8. The summed E-state index contributed by atoms with van der Waals surface area (Å²) in [6.45, 7) is 3.36. The highest BCUT2D eigenvalue weighted by atomic mass is 32.1. The molecule has 0 aromatic carbocycles. The maximum absolute atomic E-state index is 12.9. The van der Waals surface area contributed by atoms with Crippen molar-refractivity contribution in [1.82, 2.24) is 15.2 Å². The molecular weight excluding hydrogens is 298 g/mol. The third kappa shape index (κ3) is 2.57. The number of ether oxygens (including phenoxy) is 1. The average Bonchev–Trinajstić information content (AvgIpc) is 3.12. The van der Waals surface area contributed by atoms with Crippen molar-refractivity contribution in [1.29, 1.82) is 0 Å². The van der Waals surface area contributed by atoms with Crippen LogP contribution >= 0.6 is 11.3 Å². The maximum Gasteiger partial charge on any atom is 0.230 e. The van der Waals surface area contributed by atoms with Crippen molar-refractivity contribution in [2.24, 2.45) is 5.41 Å². The lowest BCUT2D eigenvalue weighted by atomic mass is 9.75. The highest BCUT2D eigenvalue weighted by molar-refractivity contribution is 7.09. The first-order valence-electron chi connectivity index (χ1n) is 8.29. The second kappa shape index (κ2) is 5.91. The molecule has 3 aliphatic rings. The zero-order chi connectivity index (χ0) is 15.0. The van der Waals surface area contributed by atoms with Gasteiger partial charge in [0.05, 0.1) is 18.1 Å². The number of amides is 1. The van der Waals surface area contributed by atoms with Crippen LogP contribution in [0.4, 0.5) is 0 Å². The highest BCUT2D eigenvalue weighted by Gasteiger charge is 2.53. The van der Waals surface area contributed by atoms with Crippen molar-refractivity contribution >= 4 is 17.2 Å². The van der Waals surface area contributed by atoms with Crippen molar-refractivity contribution < 1.29 is 9.53 Å². The predicted octanol–water partition coefficient (Wildman–Crippen LogP) is 1.79. The molecule has 2 atom stereocenters. The molecule has 1 aromatic heterocycles. The fraction of sp³-hybridized carbons (Fsp3) is 0.750. The van der Waals surface area contributed by atoms with E-state index in [-0.39, 0.29) is 17.4 Å². The molecule has 3 fully saturated rings. The largest absolute Gasteiger partial charge is 0.377 e. The van der Waals surface area contributed by atoms with Crippen LogP contribution in [0.2, 0.25) is 0 Å². The van der Waals surface area contributed by atoms with E-state index >= 15 is 0 Å². The van der Waals surface area contributed by atoms with Crippen LogP contribution in [0.5, 0.6) is 0 Å². The minimum absolute atomic E-state index is 0.0973. The van der Waals surface area contributed by atoms with Gasteiger partial charge in [0.25, 0.3) is 0 Å². The summed E-state index contributed by atoms with van der Waals surface area (Å²) in [7, 11) is 0. The van der Waals surface area contributed by atoms with Gasteiger partial charge in [-0.2, -0.15) is 0 Å². The number of fused-ring (bicyclic) bond motifs is 1.